The summed E-state index contributed by atoms with van der Waals surface area (Å²) in [5.74, 6) is 2.93. The second-order valence-electron chi connectivity index (χ2n) is 14.3. The van der Waals surface area contributed by atoms with Gasteiger partial charge in [-0.15, -0.1) is 0 Å². The van der Waals surface area contributed by atoms with Gasteiger partial charge >= 0.3 is 0 Å². The number of hydrogen-bond acceptors (Lipinski definition) is 4. The van der Waals surface area contributed by atoms with Crippen LogP contribution in [0.5, 0.6) is 0 Å². The Morgan fingerprint density at radius 2 is 1.48 bits per heavy atom. The van der Waals surface area contributed by atoms with Crippen LogP contribution in [0.2, 0.25) is 0 Å². The third-order valence-electron chi connectivity index (χ3n) is 8.85. The van der Waals surface area contributed by atoms with Crippen LogP contribution in [0.4, 0.5) is 0 Å². The third kappa shape index (κ3) is 4.68. The highest BCUT2D eigenvalue weighted by atomic mass is 32.2. The highest BCUT2D eigenvalue weighted by Crippen LogP contribution is 2.53. The van der Waals surface area contributed by atoms with Gasteiger partial charge in [-0.05, 0) is 63.6 Å². The van der Waals surface area contributed by atoms with Gasteiger partial charge in [0.2, 0.25) is 5.69 Å². The van der Waals surface area contributed by atoms with Crippen molar-refractivity contribution in [2.24, 2.45) is 12.5 Å². The van der Waals surface area contributed by atoms with Gasteiger partial charge in [-0.2, -0.15) is 0 Å². The predicted molar refractivity (Wildman–Crippen MR) is 185 cm³/mol. The molecule has 0 spiro atoms. The van der Waals surface area contributed by atoms with Gasteiger partial charge in [-0.25, -0.2) is 19.5 Å². The van der Waals surface area contributed by atoms with Gasteiger partial charge < -0.3 is 0 Å². The van der Waals surface area contributed by atoms with Gasteiger partial charge in [-0.3, -0.25) is 0 Å². The lowest BCUT2D eigenvalue weighted by molar-refractivity contribution is -0.659. The van der Waals surface area contributed by atoms with E-state index >= 15 is 0 Å². The van der Waals surface area contributed by atoms with Crippen LogP contribution in [0.1, 0.15) is 83.1 Å². The first-order valence-corrected chi connectivity index (χ1v) is 16.6. The Morgan fingerprint density at radius 1 is 0.795 bits per heavy atom. The molecule has 1 aliphatic rings. The smallest absolute Gasteiger partial charge is 0.217 e. The molecule has 5 heteroatoms. The first-order valence-electron chi connectivity index (χ1n) is 15.8. The molecule has 6 aromatic rings. The maximum atomic E-state index is 4.93. The Bertz CT molecular complexity index is 2110. The van der Waals surface area contributed by atoms with Crippen LogP contribution >= 0.6 is 11.8 Å². The van der Waals surface area contributed by atoms with Crippen LogP contribution in [0.3, 0.4) is 0 Å². The molecular weight excluding hydrogens is 557 g/mol. The molecule has 3 heterocycles. The van der Waals surface area contributed by atoms with Gasteiger partial charge in [0, 0.05) is 38.6 Å². The van der Waals surface area contributed by atoms with E-state index in [1.54, 1.807) is 0 Å². The fraction of sp³-hybridized carbons (Fsp3) is 0.333. The molecule has 0 N–H and O–H groups in total. The summed E-state index contributed by atoms with van der Waals surface area (Å²) >= 11 is 1.96. The molecule has 7 rings (SSSR count). The van der Waals surface area contributed by atoms with Crippen molar-refractivity contribution >= 4 is 44.1 Å². The van der Waals surface area contributed by atoms with Crippen molar-refractivity contribution in [1.29, 1.82) is 0 Å². The average molecular weight is 598 g/mol. The summed E-state index contributed by atoms with van der Waals surface area (Å²) in [7, 11) is 2.20. The number of aromatic nitrogens is 4. The minimum Gasteiger partial charge on any atom is -0.217 e. The molecule has 0 fully saturated rings. The zero-order valence-electron chi connectivity index (χ0n) is 27.3. The van der Waals surface area contributed by atoms with E-state index < -0.39 is 0 Å². The van der Waals surface area contributed by atoms with Crippen molar-refractivity contribution < 1.29 is 4.57 Å². The molecule has 0 unspecified atom stereocenters. The Morgan fingerprint density at radius 3 is 2.14 bits per heavy atom. The van der Waals surface area contributed by atoms with Crippen LogP contribution in [-0.2, 0) is 13.5 Å². The molecule has 0 aliphatic carbocycles. The molecule has 44 heavy (non-hydrogen) atoms. The van der Waals surface area contributed by atoms with Gasteiger partial charge in [0.15, 0.2) is 12.0 Å². The highest BCUT2D eigenvalue weighted by Gasteiger charge is 2.33. The lowest BCUT2D eigenvalue weighted by Gasteiger charge is -2.28. The van der Waals surface area contributed by atoms with E-state index in [0.717, 1.165) is 29.5 Å². The molecule has 0 radical (unpaired) electrons. The molecule has 0 bridgehead atoms. The van der Waals surface area contributed by atoms with Crippen molar-refractivity contribution in [3.63, 3.8) is 0 Å². The normalized spacial score (nSPS) is 13.1. The molecule has 0 amide bonds. The second-order valence-corrected chi connectivity index (χ2v) is 15.3. The zero-order valence-corrected chi connectivity index (χ0v) is 28.1. The predicted octanol–water partition coefficient (Wildman–Crippen LogP) is 10.1. The number of benzene rings is 4. The van der Waals surface area contributed by atoms with Gasteiger partial charge in [0.05, 0.1) is 10.9 Å². The molecule has 2 aromatic heterocycles. The minimum absolute atomic E-state index is 0.167. The Kier molecular flexibility index (Phi) is 6.82. The third-order valence-corrected chi connectivity index (χ3v) is 10.0. The van der Waals surface area contributed by atoms with E-state index in [1.165, 1.54) is 64.5 Å². The second kappa shape index (κ2) is 10.4. The first-order chi connectivity index (χ1) is 20.9. The largest absolute Gasteiger partial charge is 0.222 e. The van der Waals surface area contributed by atoms with Crippen LogP contribution < -0.4 is 4.57 Å². The van der Waals surface area contributed by atoms with E-state index in [2.05, 4.69) is 128 Å². The molecule has 1 aliphatic heterocycles. The van der Waals surface area contributed by atoms with Crippen molar-refractivity contribution in [3.05, 3.63) is 83.6 Å². The van der Waals surface area contributed by atoms with Crippen LogP contribution in [0, 0.1) is 12.3 Å². The summed E-state index contributed by atoms with van der Waals surface area (Å²) in [5.41, 5.74) is 6.71. The number of pyridine rings is 1. The molecule has 0 atom stereocenters. The van der Waals surface area contributed by atoms with E-state index in [-0.39, 0.29) is 17.3 Å². The van der Waals surface area contributed by atoms with E-state index in [1.807, 2.05) is 11.8 Å². The molecule has 4 aromatic carbocycles. The molecule has 4 nitrogen and oxygen atoms in total. The lowest BCUT2D eigenvalue weighted by Crippen LogP contribution is -2.32. The standard InChI is InChI=1S/C39H41N4S/c1-21(2)36-40-37(22(3)4)42-38(41-36)25-15-14-24-19-31-33-28(29(24)18-25)16-17-43(9)34(33)32-23(5)26-12-10-11-13-27(26)30(35(32)44-31)20-39(6,7)8/h10-19,21-22H,20H2,1-9H3/q+1. The van der Waals surface area contributed by atoms with Gasteiger partial charge in [0.25, 0.3) is 0 Å². The molecular formula is C39H41N4S+. The summed E-state index contributed by atoms with van der Waals surface area (Å²) < 4.78 is 2.33. The minimum atomic E-state index is 0.167. The molecule has 0 saturated heterocycles. The fourth-order valence-corrected chi connectivity index (χ4v) is 8.06. The summed E-state index contributed by atoms with van der Waals surface area (Å²) in [6.45, 7) is 17.9. The van der Waals surface area contributed by atoms with Crippen molar-refractivity contribution in [2.45, 2.75) is 83.4 Å². The van der Waals surface area contributed by atoms with Crippen molar-refractivity contribution in [3.8, 4) is 22.6 Å². The summed E-state index contributed by atoms with van der Waals surface area (Å²) in [4.78, 5) is 17.4. The average Bonchev–Trinajstić information content (AvgIpc) is 2.99. The topological polar surface area (TPSA) is 42.6 Å². The van der Waals surface area contributed by atoms with Crippen molar-refractivity contribution in [1.82, 2.24) is 15.0 Å². The summed E-state index contributed by atoms with van der Waals surface area (Å²) in [5, 5.41) is 7.82. The van der Waals surface area contributed by atoms with E-state index in [9.17, 15) is 0 Å². The van der Waals surface area contributed by atoms with Crippen molar-refractivity contribution in [2.75, 3.05) is 0 Å². The number of aryl methyl sites for hydroxylation is 2. The Labute approximate surface area is 265 Å². The fourth-order valence-electron chi connectivity index (χ4n) is 6.69. The van der Waals surface area contributed by atoms with Crippen LogP contribution in [0.25, 0.3) is 55.0 Å². The Hall–Kier alpha value is -3.83. The van der Waals surface area contributed by atoms with Gasteiger partial charge in [0.1, 0.15) is 18.7 Å². The maximum absolute atomic E-state index is 4.93. The quantitative estimate of drug-likeness (QED) is 0.150. The van der Waals surface area contributed by atoms with Crippen LogP contribution in [-0.4, -0.2) is 15.0 Å². The number of rotatable bonds is 4. The number of fused-ring (bicyclic) bond motifs is 5. The summed E-state index contributed by atoms with van der Waals surface area (Å²) in [6.07, 6.45) is 3.26. The lowest BCUT2D eigenvalue weighted by atomic mass is 9.83. The number of hydrogen-bond donors (Lipinski definition) is 0. The van der Waals surface area contributed by atoms with Gasteiger partial charge in [-0.1, -0.05) is 96.6 Å². The number of nitrogens with zero attached hydrogens (tertiary/aromatic N) is 4. The SMILES string of the molecule is Cc1c2c(c(CC(C)(C)C)c3ccccc13)Sc1cc3ccc(-c4nc(C(C)C)nc(C(C)C)n4)cc3c3cc[n+](C)c-2c13. The summed E-state index contributed by atoms with van der Waals surface area (Å²) in [6, 6.07) is 20.4. The van der Waals surface area contributed by atoms with E-state index in [4.69, 9.17) is 15.0 Å². The Balaban J connectivity index is 1.53. The zero-order chi connectivity index (χ0) is 31.1. The molecule has 0 saturated carbocycles. The first kappa shape index (κ1) is 28.9. The maximum Gasteiger partial charge on any atom is 0.222 e. The van der Waals surface area contributed by atoms with Crippen LogP contribution in [0.15, 0.2) is 70.6 Å². The highest BCUT2D eigenvalue weighted by molar-refractivity contribution is 8.00. The van der Waals surface area contributed by atoms with E-state index in [0.29, 0.717) is 0 Å². The monoisotopic (exact) mass is 597 g/mol. The molecule has 222 valence electrons.